The van der Waals surface area contributed by atoms with Crippen LogP contribution in [0.25, 0.3) is 11.2 Å². The first-order valence-corrected chi connectivity index (χ1v) is 8.00. The molecule has 0 saturated heterocycles. The second kappa shape index (κ2) is 5.33. The van der Waals surface area contributed by atoms with Gasteiger partial charge in [0.05, 0.1) is 19.0 Å². The van der Waals surface area contributed by atoms with Crippen molar-refractivity contribution in [1.82, 2.24) is 19.5 Å². The maximum atomic E-state index is 11.3. The van der Waals surface area contributed by atoms with Gasteiger partial charge in [-0.1, -0.05) is 0 Å². The maximum Gasteiger partial charge on any atom is 0.390 e. The number of aliphatic hydroxyl groups is 1. The van der Waals surface area contributed by atoms with Crippen LogP contribution in [-0.2, 0) is 15.8 Å². The van der Waals surface area contributed by atoms with Gasteiger partial charge in [-0.25, -0.2) is 15.0 Å². The van der Waals surface area contributed by atoms with Crippen molar-refractivity contribution in [2.24, 2.45) is 0 Å². The van der Waals surface area contributed by atoms with Gasteiger partial charge in [0.15, 0.2) is 11.5 Å². The molecule has 2 aromatic rings. The Labute approximate surface area is 124 Å². The Morgan fingerprint density at radius 2 is 2.18 bits per heavy atom. The number of nitrogens with zero attached hydrogens (tertiary/aromatic N) is 4. The van der Waals surface area contributed by atoms with Crippen LogP contribution in [-0.4, -0.2) is 46.6 Å². The normalized spacial score (nSPS) is 22.4. The van der Waals surface area contributed by atoms with E-state index in [1.165, 1.54) is 18.7 Å². The Balaban J connectivity index is 1.87. The first kappa shape index (κ1) is 14.9. The molecule has 0 saturated carbocycles. The number of hydrogen-bond donors (Lipinski definition) is 4. The summed E-state index contributed by atoms with van der Waals surface area (Å²) in [7, 11) is -4.49. The third-order valence-corrected chi connectivity index (χ3v) is 4.19. The lowest BCUT2D eigenvalue weighted by Gasteiger charge is -2.29. The molecule has 0 spiro atoms. The molecule has 1 aliphatic rings. The average Bonchev–Trinajstić information content (AvgIpc) is 2.85. The molecule has 0 unspecified atom stereocenters. The van der Waals surface area contributed by atoms with Crippen molar-refractivity contribution in [3.8, 4) is 0 Å². The van der Waals surface area contributed by atoms with E-state index in [-0.39, 0.29) is 18.8 Å². The van der Waals surface area contributed by atoms with Gasteiger partial charge in [0.2, 0.25) is 5.50 Å². The standard InChI is InChI=1S/C11H14N5O5P/c12-10-9-11(14-4-13-10)16(5-15-9)3-7-6(17)1-2-8(21-7)22(18,19)20/h2,4-7,17H,1,3H2,(H2,12,13,14)(H2,18,19,20)/t6-,7+/m0/s1. The maximum absolute atomic E-state index is 11.3. The number of aromatic nitrogens is 4. The predicted octanol–water partition coefficient (Wildman–Crippen LogP) is -0.423. The smallest absolute Gasteiger partial charge is 0.390 e. The Kier molecular flexibility index (Phi) is 3.61. The van der Waals surface area contributed by atoms with Crippen molar-refractivity contribution in [2.75, 3.05) is 5.73 Å². The summed E-state index contributed by atoms with van der Waals surface area (Å²) in [5.74, 6) is 0.227. The molecule has 5 N–H and O–H groups in total. The van der Waals surface area contributed by atoms with Gasteiger partial charge in [-0.3, -0.25) is 4.57 Å². The lowest BCUT2D eigenvalue weighted by atomic mass is 10.1. The van der Waals surface area contributed by atoms with Crippen molar-refractivity contribution in [1.29, 1.82) is 0 Å². The van der Waals surface area contributed by atoms with Gasteiger partial charge in [0.1, 0.15) is 17.9 Å². The number of nitrogens with two attached hydrogens (primary N) is 1. The van der Waals surface area contributed by atoms with Gasteiger partial charge < -0.3 is 29.9 Å². The Bertz CT molecular complexity index is 784. The summed E-state index contributed by atoms with van der Waals surface area (Å²) in [6.45, 7) is 0.117. The molecular weight excluding hydrogens is 313 g/mol. The number of nitrogen functional groups attached to an aromatic ring is 1. The van der Waals surface area contributed by atoms with E-state index >= 15 is 0 Å². The molecule has 0 amide bonds. The summed E-state index contributed by atoms with van der Waals surface area (Å²) in [5.41, 5.74) is 6.13. The first-order chi connectivity index (χ1) is 10.4. The molecule has 10 nitrogen and oxygen atoms in total. The molecule has 11 heteroatoms. The molecule has 2 aromatic heterocycles. The van der Waals surface area contributed by atoms with Gasteiger partial charge in [-0.05, 0) is 12.5 Å². The highest BCUT2D eigenvalue weighted by atomic mass is 31.2. The Hall–Kier alpha value is -2.00. The van der Waals surface area contributed by atoms with Crippen LogP contribution in [0.1, 0.15) is 6.42 Å². The molecule has 0 aromatic carbocycles. The van der Waals surface area contributed by atoms with Crippen LogP contribution in [0.4, 0.5) is 5.82 Å². The highest BCUT2D eigenvalue weighted by molar-refractivity contribution is 7.56. The predicted molar refractivity (Wildman–Crippen MR) is 75.4 cm³/mol. The summed E-state index contributed by atoms with van der Waals surface area (Å²) in [6.07, 6.45) is 2.31. The molecule has 3 rings (SSSR count). The minimum absolute atomic E-state index is 0.0921. The van der Waals surface area contributed by atoms with Crippen LogP contribution in [0.5, 0.6) is 0 Å². The quantitative estimate of drug-likeness (QED) is 0.549. The molecule has 3 heterocycles. The fraction of sp³-hybridized carbons (Fsp3) is 0.364. The monoisotopic (exact) mass is 327 g/mol. The third kappa shape index (κ3) is 2.69. The molecule has 0 fully saturated rings. The zero-order chi connectivity index (χ0) is 15.9. The fourth-order valence-electron chi connectivity index (χ4n) is 2.23. The van der Waals surface area contributed by atoms with Crippen molar-refractivity contribution in [3.05, 3.63) is 24.2 Å². The van der Waals surface area contributed by atoms with Gasteiger partial charge in [0.25, 0.3) is 0 Å². The van der Waals surface area contributed by atoms with Crippen molar-refractivity contribution in [3.63, 3.8) is 0 Å². The van der Waals surface area contributed by atoms with E-state index in [4.69, 9.17) is 20.3 Å². The molecule has 0 radical (unpaired) electrons. The summed E-state index contributed by atoms with van der Waals surface area (Å²) >= 11 is 0. The average molecular weight is 327 g/mol. The van der Waals surface area contributed by atoms with E-state index in [0.717, 1.165) is 0 Å². The minimum Gasteiger partial charge on any atom is -0.478 e. The molecule has 1 aliphatic heterocycles. The third-order valence-electron chi connectivity index (χ3n) is 3.33. The zero-order valence-electron chi connectivity index (χ0n) is 11.3. The summed E-state index contributed by atoms with van der Waals surface area (Å²) in [4.78, 5) is 30.3. The Morgan fingerprint density at radius 3 is 2.91 bits per heavy atom. The number of fused-ring (bicyclic) bond motifs is 1. The summed E-state index contributed by atoms with van der Waals surface area (Å²) < 4.78 is 18.1. The van der Waals surface area contributed by atoms with Crippen LogP contribution < -0.4 is 5.73 Å². The summed E-state index contributed by atoms with van der Waals surface area (Å²) in [6, 6.07) is 0. The van der Waals surface area contributed by atoms with E-state index in [1.54, 1.807) is 4.57 Å². The minimum atomic E-state index is -4.49. The molecule has 22 heavy (non-hydrogen) atoms. The van der Waals surface area contributed by atoms with E-state index in [9.17, 15) is 9.67 Å². The van der Waals surface area contributed by atoms with Gasteiger partial charge >= 0.3 is 7.60 Å². The second-order valence-electron chi connectivity index (χ2n) is 4.87. The van der Waals surface area contributed by atoms with Crippen LogP contribution >= 0.6 is 7.60 Å². The number of anilines is 1. The van der Waals surface area contributed by atoms with Crippen LogP contribution in [0, 0.1) is 0 Å². The topological polar surface area (TPSA) is 157 Å². The van der Waals surface area contributed by atoms with Gasteiger partial charge in [0, 0.05) is 0 Å². The lowest BCUT2D eigenvalue weighted by molar-refractivity contribution is -0.0185. The zero-order valence-corrected chi connectivity index (χ0v) is 12.2. The van der Waals surface area contributed by atoms with E-state index in [1.807, 2.05) is 0 Å². The highest BCUT2D eigenvalue weighted by Gasteiger charge is 2.34. The van der Waals surface area contributed by atoms with E-state index in [2.05, 4.69) is 15.0 Å². The molecule has 2 atom stereocenters. The largest absolute Gasteiger partial charge is 0.478 e. The van der Waals surface area contributed by atoms with E-state index in [0.29, 0.717) is 11.2 Å². The molecular formula is C11H14N5O5P. The van der Waals surface area contributed by atoms with Crippen molar-refractivity contribution in [2.45, 2.75) is 25.2 Å². The Morgan fingerprint density at radius 1 is 1.41 bits per heavy atom. The summed E-state index contributed by atoms with van der Waals surface area (Å²) in [5, 5.41) is 9.96. The fourth-order valence-corrected chi connectivity index (χ4v) is 2.84. The first-order valence-electron chi connectivity index (χ1n) is 6.38. The lowest BCUT2D eigenvalue weighted by Crippen LogP contribution is -2.35. The SMILES string of the molecule is Nc1ncnc2c1ncn2C[C@H]1OC(P(=O)(O)O)=CC[C@@H]1O. The number of ether oxygens (including phenoxy) is 1. The van der Waals surface area contributed by atoms with Crippen LogP contribution in [0.2, 0.25) is 0 Å². The molecule has 0 bridgehead atoms. The van der Waals surface area contributed by atoms with Crippen molar-refractivity contribution < 1.29 is 24.2 Å². The molecule has 0 aliphatic carbocycles. The van der Waals surface area contributed by atoms with Gasteiger partial charge in [-0.15, -0.1) is 0 Å². The van der Waals surface area contributed by atoms with Crippen LogP contribution in [0.3, 0.4) is 0 Å². The van der Waals surface area contributed by atoms with Crippen molar-refractivity contribution >= 4 is 24.6 Å². The number of imidazole rings is 1. The highest BCUT2D eigenvalue weighted by Crippen LogP contribution is 2.48. The molecule has 118 valence electrons. The number of hydrogen-bond acceptors (Lipinski definition) is 7. The van der Waals surface area contributed by atoms with Gasteiger partial charge in [-0.2, -0.15) is 0 Å². The number of aliphatic hydroxyl groups excluding tert-OH is 1. The second-order valence-corrected chi connectivity index (χ2v) is 6.40. The number of rotatable bonds is 3. The van der Waals surface area contributed by atoms with Crippen LogP contribution in [0.15, 0.2) is 24.2 Å². The van der Waals surface area contributed by atoms with E-state index < -0.39 is 25.3 Å².